The van der Waals surface area contributed by atoms with E-state index in [4.69, 9.17) is 4.74 Å². The molecule has 0 bridgehead atoms. The summed E-state index contributed by atoms with van der Waals surface area (Å²) in [4.78, 5) is 0. The lowest BCUT2D eigenvalue weighted by Crippen LogP contribution is -2.25. The van der Waals surface area contributed by atoms with Crippen LogP contribution in [0, 0.1) is 11.8 Å². The highest BCUT2D eigenvalue weighted by Gasteiger charge is 2.37. The number of hydrogen-bond acceptors (Lipinski definition) is 3. The average molecular weight is 344 g/mol. The first kappa shape index (κ1) is 12.1. The highest BCUT2D eigenvalue weighted by molar-refractivity contribution is 14.1. The summed E-state index contributed by atoms with van der Waals surface area (Å²) < 4.78 is 28.6. The Balaban J connectivity index is 1.79. The molecule has 1 heterocycles. The van der Waals surface area contributed by atoms with Gasteiger partial charge in [-0.15, -0.1) is 0 Å². The van der Waals surface area contributed by atoms with E-state index in [1.54, 1.807) is 0 Å². The smallest absolute Gasteiger partial charge is 0.154 e. The molecule has 1 aliphatic carbocycles. The van der Waals surface area contributed by atoms with E-state index in [0.29, 0.717) is 5.92 Å². The average Bonchev–Trinajstić information content (AvgIpc) is 2.90. The molecule has 2 fully saturated rings. The molecular weight excluding hydrogens is 327 g/mol. The Hall–Kier alpha value is 0.640. The maximum absolute atomic E-state index is 11.4. The molecule has 88 valence electrons. The van der Waals surface area contributed by atoms with Crippen molar-refractivity contribution < 1.29 is 13.2 Å². The van der Waals surface area contributed by atoms with Gasteiger partial charge in [0, 0.05) is 6.61 Å². The van der Waals surface area contributed by atoms with Gasteiger partial charge in [-0.05, 0) is 24.7 Å². The van der Waals surface area contributed by atoms with E-state index in [1.165, 1.54) is 12.8 Å². The van der Waals surface area contributed by atoms with Crippen molar-refractivity contribution in [2.24, 2.45) is 11.8 Å². The Morgan fingerprint density at radius 2 is 2.07 bits per heavy atom. The van der Waals surface area contributed by atoms with Crippen molar-refractivity contribution in [2.75, 3.05) is 18.1 Å². The first-order valence-corrected chi connectivity index (χ1v) is 8.51. The van der Waals surface area contributed by atoms with Crippen LogP contribution in [0.2, 0.25) is 0 Å². The van der Waals surface area contributed by atoms with Gasteiger partial charge in [0.1, 0.15) is 0 Å². The van der Waals surface area contributed by atoms with E-state index in [1.807, 2.05) is 0 Å². The monoisotopic (exact) mass is 344 g/mol. The Morgan fingerprint density at radius 3 is 2.53 bits per heavy atom. The van der Waals surface area contributed by atoms with Gasteiger partial charge in [-0.1, -0.05) is 29.5 Å². The molecule has 2 rings (SSSR count). The first-order valence-electron chi connectivity index (χ1n) is 5.44. The van der Waals surface area contributed by atoms with Gasteiger partial charge in [0.2, 0.25) is 0 Å². The SMILES string of the molecule is CC(COC1CS(=O)(=O)CC1I)C1CC1. The van der Waals surface area contributed by atoms with E-state index < -0.39 is 9.84 Å². The van der Waals surface area contributed by atoms with Gasteiger partial charge in [-0.25, -0.2) is 8.42 Å². The molecule has 0 aromatic carbocycles. The number of hydrogen-bond donors (Lipinski definition) is 0. The van der Waals surface area contributed by atoms with E-state index in [9.17, 15) is 8.42 Å². The lowest BCUT2D eigenvalue weighted by atomic mass is 10.1. The number of ether oxygens (including phenoxy) is 1. The summed E-state index contributed by atoms with van der Waals surface area (Å²) in [5, 5.41) is 0. The minimum atomic E-state index is -2.83. The van der Waals surface area contributed by atoms with Crippen LogP contribution in [0.15, 0.2) is 0 Å². The Kier molecular flexibility index (Phi) is 3.62. The van der Waals surface area contributed by atoms with Crippen molar-refractivity contribution in [3.63, 3.8) is 0 Å². The second kappa shape index (κ2) is 4.49. The Labute approximate surface area is 105 Å². The molecule has 0 aromatic rings. The van der Waals surface area contributed by atoms with Crippen molar-refractivity contribution in [2.45, 2.75) is 29.8 Å². The summed E-state index contributed by atoms with van der Waals surface area (Å²) >= 11 is 2.19. The molecule has 3 unspecified atom stereocenters. The molecule has 0 radical (unpaired) electrons. The quantitative estimate of drug-likeness (QED) is 0.575. The molecule has 1 saturated carbocycles. The lowest BCUT2D eigenvalue weighted by molar-refractivity contribution is 0.0488. The minimum Gasteiger partial charge on any atom is -0.376 e. The zero-order chi connectivity index (χ0) is 11.1. The predicted molar refractivity (Wildman–Crippen MR) is 68.1 cm³/mol. The van der Waals surface area contributed by atoms with Crippen LogP contribution in [0.25, 0.3) is 0 Å². The van der Waals surface area contributed by atoms with Crippen molar-refractivity contribution in [3.8, 4) is 0 Å². The fraction of sp³-hybridized carbons (Fsp3) is 1.00. The van der Waals surface area contributed by atoms with Crippen molar-refractivity contribution in [1.82, 2.24) is 0 Å². The standard InChI is InChI=1S/C10H17IO3S/c1-7(8-2-3-8)4-14-10-6-15(12,13)5-9(10)11/h7-10H,2-6H2,1H3. The molecule has 1 saturated heterocycles. The fourth-order valence-corrected chi connectivity index (χ4v) is 6.12. The molecule has 15 heavy (non-hydrogen) atoms. The maximum atomic E-state index is 11.4. The van der Waals surface area contributed by atoms with E-state index in [-0.39, 0.29) is 21.5 Å². The minimum absolute atomic E-state index is 0.0724. The molecule has 0 amide bonds. The van der Waals surface area contributed by atoms with Crippen LogP contribution >= 0.6 is 22.6 Å². The highest BCUT2D eigenvalue weighted by Crippen LogP contribution is 2.37. The topological polar surface area (TPSA) is 43.4 Å². The molecule has 3 atom stereocenters. The third kappa shape index (κ3) is 3.30. The number of rotatable bonds is 4. The van der Waals surface area contributed by atoms with Gasteiger partial charge in [-0.3, -0.25) is 0 Å². The first-order chi connectivity index (χ1) is 6.98. The zero-order valence-electron chi connectivity index (χ0n) is 8.86. The van der Waals surface area contributed by atoms with Crippen LogP contribution in [-0.2, 0) is 14.6 Å². The summed E-state index contributed by atoms with van der Waals surface area (Å²) in [7, 11) is -2.83. The second-order valence-corrected chi connectivity index (χ2v) is 8.53. The largest absolute Gasteiger partial charge is 0.376 e. The normalized spacial score (nSPS) is 36.7. The fourth-order valence-electron chi connectivity index (χ4n) is 2.00. The van der Waals surface area contributed by atoms with E-state index in [2.05, 4.69) is 29.5 Å². The number of sulfone groups is 1. The van der Waals surface area contributed by atoms with Gasteiger partial charge < -0.3 is 4.74 Å². The zero-order valence-corrected chi connectivity index (χ0v) is 11.8. The Bertz CT molecular complexity index is 324. The number of alkyl halides is 1. The molecule has 0 aromatic heterocycles. The van der Waals surface area contributed by atoms with Gasteiger partial charge in [-0.2, -0.15) is 0 Å². The summed E-state index contributed by atoms with van der Waals surface area (Å²) in [6.45, 7) is 2.92. The van der Waals surface area contributed by atoms with E-state index in [0.717, 1.165) is 12.5 Å². The predicted octanol–water partition coefficient (Wildman–Crippen LogP) is 1.65. The molecule has 3 nitrogen and oxygen atoms in total. The third-order valence-corrected chi connectivity index (χ3v) is 6.78. The molecule has 0 spiro atoms. The van der Waals surface area contributed by atoms with Crippen molar-refractivity contribution >= 4 is 32.4 Å². The summed E-state index contributed by atoms with van der Waals surface area (Å²) in [6, 6.07) is 0. The molecule has 5 heteroatoms. The van der Waals surface area contributed by atoms with Gasteiger partial charge in [0.05, 0.1) is 21.5 Å². The molecule has 0 N–H and O–H groups in total. The molecule has 2 aliphatic rings. The summed E-state index contributed by atoms with van der Waals surface area (Å²) in [5.41, 5.74) is 0. The van der Waals surface area contributed by atoms with Crippen molar-refractivity contribution in [1.29, 1.82) is 0 Å². The second-order valence-electron chi connectivity index (χ2n) is 4.78. The van der Waals surface area contributed by atoms with Gasteiger partial charge in [0.25, 0.3) is 0 Å². The third-order valence-electron chi connectivity index (χ3n) is 3.23. The molecule has 1 aliphatic heterocycles. The highest BCUT2D eigenvalue weighted by atomic mass is 127. The van der Waals surface area contributed by atoms with Crippen LogP contribution in [0.3, 0.4) is 0 Å². The van der Waals surface area contributed by atoms with Crippen LogP contribution in [0.5, 0.6) is 0 Å². The van der Waals surface area contributed by atoms with E-state index >= 15 is 0 Å². The van der Waals surface area contributed by atoms with Crippen LogP contribution in [0.4, 0.5) is 0 Å². The van der Waals surface area contributed by atoms with Crippen LogP contribution < -0.4 is 0 Å². The number of halogens is 1. The lowest BCUT2D eigenvalue weighted by Gasteiger charge is -2.17. The van der Waals surface area contributed by atoms with Crippen molar-refractivity contribution in [3.05, 3.63) is 0 Å². The van der Waals surface area contributed by atoms with Gasteiger partial charge >= 0.3 is 0 Å². The Morgan fingerprint density at radius 1 is 1.40 bits per heavy atom. The van der Waals surface area contributed by atoms with Gasteiger partial charge in [0.15, 0.2) is 9.84 Å². The summed E-state index contributed by atoms with van der Waals surface area (Å²) in [6.07, 6.45) is 2.57. The summed E-state index contributed by atoms with van der Waals surface area (Å²) in [5.74, 6) is 1.93. The van der Waals surface area contributed by atoms with Crippen LogP contribution in [0.1, 0.15) is 19.8 Å². The maximum Gasteiger partial charge on any atom is 0.154 e. The molecular formula is C10H17IO3S. The van der Waals surface area contributed by atoms with Crippen LogP contribution in [-0.4, -0.2) is 36.6 Å².